The Bertz CT molecular complexity index is 578. The van der Waals surface area contributed by atoms with E-state index in [0.717, 1.165) is 16.7 Å². The summed E-state index contributed by atoms with van der Waals surface area (Å²) in [7, 11) is 0. The van der Waals surface area contributed by atoms with Gasteiger partial charge in [0.25, 0.3) is 0 Å². The van der Waals surface area contributed by atoms with E-state index in [9.17, 15) is 0 Å². The van der Waals surface area contributed by atoms with E-state index in [1.54, 1.807) is 12.1 Å². The fourth-order valence-corrected chi connectivity index (χ4v) is 1.55. The lowest BCUT2D eigenvalue weighted by Gasteiger charge is -2.04. The van der Waals surface area contributed by atoms with E-state index in [2.05, 4.69) is 11.2 Å². The first-order valence-electron chi connectivity index (χ1n) is 4.85. The number of hydrogen-bond donors (Lipinski definition) is 1. The highest BCUT2D eigenvalue weighted by atomic mass is 16.5. The van der Waals surface area contributed by atoms with Crippen LogP contribution in [0.25, 0.3) is 11.3 Å². The topological polar surface area (TPSA) is 75.8 Å². The zero-order valence-corrected chi connectivity index (χ0v) is 9.11. The Morgan fingerprint density at radius 2 is 2.06 bits per heavy atom. The van der Waals surface area contributed by atoms with E-state index in [1.165, 1.54) is 0 Å². The Balaban J connectivity index is 2.60. The van der Waals surface area contributed by atoms with Crippen molar-refractivity contribution in [3.8, 4) is 17.3 Å². The van der Waals surface area contributed by atoms with E-state index < -0.39 is 0 Å². The maximum atomic E-state index is 9.00. The van der Waals surface area contributed by atoms with Crippen LogP contribution in [0.5, 0.6) is 0 Å². The zero-order chi connectivity index (χ0) is 11.7. The molecule has 4 heteroatoms. The summed E-state index contributed by atoms with van der Waals surface area (Å²) in [5.74, 6) is 0.270. The van der Waals surface area contributed by atoms with Crippen molar-refractivity contribution >= 4 is 5.88 Å². The van der Waals surface area contributed by atoms with Crippen LogP contribution in [0.2, 0.25) is 0 Å². The van der Waals surface area contributed by atoms with Gasteiger partial charge >= 0.3 is 0 Å². The van der Waals surface area contributed by atoms with Crippen LogP contribution in [-0.2, 0) is 0 Å². The lowest BCUT2D eigenvalue weighted by molar-refractivity contribution is 0.439. The molecule has 0 saturated carbocycles. The van der Waals surface area contributed by atoms with E-state index >= 15 is 0 Å². The summed E-state index contributed by atoms with van der Waals surface area (Å²) in [4.78, 5) is 0. The predicted molar refractivity (Wildman–Crippen MR) is 60.5 cm³/mol. The molecule has 1 heterocycles. The van der Waals surface area contributed by atoms with Gasteiger partial charge in [-0.3, -0.25) is 0 Å². The summed E-state index contributed by atoms with van der Waals surface area (Å²) in [6.45, 7) is 3.89. The number of rotatable bonds is 1. The molecule has 1 aromatic carbocycles. The standard InChI is InChI=1S/C12H11N3O/c1-7-3-9(4-10(6-13)8(7)2)11-5-12(14)16-15-11/h3-5H,14H2,1-2H3. The largest absolute Gasteiger partial charge is 0.368 e. The molecule has 4 nitrogen and oxygen atoms in total. The molecule has 0 radical (unpaired) electrons. The molecular weight excluding hydrogens is 202 g/mol. The maximum absolute atomic E-state index is 9.00. The first-order chi connectivity index (χ1) is 7.61. The quantitative estimate of drug-likeness (QED) is 0.789. The number of nitrogens with zero attached hydrogens (tertiary/aromatic N) is 2. The van der Waals surface area contributed by atoms with Gasteiger partial charge in [0, 0.05) is 11.6 Å². The minimum absolute atomic E-state index is 0.270. The van der Waals surface area contributed by atoms with Crippen LogP contribution in [-0.4, -0.2) is 5.16 Å². The average molecular weight is 213 g/mol. The lowest BCUT2D eigenvalue weighted by Crippen LogP contribution is -1.89. The lowest BCUT2D eigenvalue weighted by atomic mass is 9.99. The van der Waals surface area contributed by atoms with E-state index in [0.29, 0.717) is 11.3 Å². The SMILES string of the molecule is Cc1cc(-c2cc(N)on2)cc(C#N)c1C. The van der Waals surface area contributed by atoms with Crippen molar-refractivity contribution in [2.75, 3.05) is 5.73 Å². The number of anilines is 1. The van der Waals surface area contributed by atoms with E-state index in [-0.39, 0.29) is 5.88 Å². The molecule has 0 unspecified atom stereocenters. The summed E-state index contributed by atoms with van der Waals surface area (Å²) >= 11 is 0. The molecule has 2 rings (SSSR count). The van der Waals surface area contributed by atoms with Crippen LogP contribution in [0.1, 0.15) is 16.7 Å². The molecule has 0 atom stereocenters. The summed E-state index contributed by atoms with van der Waals surface area (Å²) in [5, 5.41) is 12.8. The van der Waals surface area contributed by atoms with Crippen molar-refractivity contribution in [1.29, 1.82) is 5.26 Å². The third-order valence-electron chi connectivity index (χ3n) is 2.61. The highest BCUT2D eigenvalue weighted by Crippen LogP contribution is 2.25. The molecule has 0 aliphatic heterocycles. The van der Waals surface area contributed by atoms with Gasteiger partial charge in [0.1, 0.15) is 5.69 Å². The summed E-state index contributed by atoms with van der Waals surface area (Å²) in [6.07, 6.45) is 0. The summed E-state index contributed by atoms with van der Waals surface area (Å²) in [5.41, 5.74) is 9.65. The smallest absolute Gasteiger partial charge is 0.222 e. The molecule has 0 fully saturated rings. The Morgan fingerprint density at radius 3 is 2.62 bits per heavy atom. The first-order valence-corrected chi connectivity index (χ1v) is 4.85. The molecule has 16 heavy (non-hydrogen) atoms. The average Bonchev–Trinajstić information content (AvgIpc) is 2.69. The molecule has 1 aromatic heterocycles. The van der Waals surface area contributed by atoms with Crippen molar-refractivity contribution in [2.24, 2.45) is 0 Å². The number of nitrogens with two attached hydrogens (primary N) is 1. The molecule has 2 N–H and O–H groups in total. The molecule has 0 bridgehead atoms. The van der Waals surface area contributed by atoms with Gasteiger partial charge in [0.2, 0.25) is 5.88 Å². The molecule has 0 spiro atoms. The van der Waals surface area contributed by atoms with E-state index in [4.69, 9.17) is 15.5 Å². The van der Waals surface area contributed by atoms with Gasteiger partial charge in [-0.15, -0.1) is 0 Å². The second-order valence-corrected chi connectivity index (χ2v) is 3.69. The Labute approximate surface area is 93.3 Å². The number of hydrogen-bond acceptors (Lipinski definition) is 4. The molecule has 0 aliphatic rings. The minimum Gasteiger partial charge on any atom is -0.368 e. The van der Waals surface area contributed by atoms with Crippen LogP contribution >= 0.6 is 0 Å². The van der Waals surface area contributed by atoms with Crippen LogP contribution < -0.4 is 5.73 Å². The number of benzene rings is 1. The molecule has 80 valence electrons. The number of nitriles is 1. The summed E-state index contributed by atoms with van der Waals surface area (Å²) in [6, 6.07) is 7.56. The highest BCUT2D eigenvalue weighted by molar-refractivity contribution is 5.65. The fraction of sp³-hybridized carbons (Fsp3) is 0.167. The Morgan fingerprint density at radius 1 is 1.31 bits per heavy atom. The highest BCUT2D eigenvalue weighted by Gasteiger charge is 2.09. The van der Waals surface area contributed by atoms with Crippen LogP contribution in [0, 0.1) is 25.2 Å². The second kappa shape index (κ2) is 3.70. The van der Waals surface area contributed by atoms with Gasteiger partial charge in [-0.25, -0.2) is 0 Å². The van der Waals surface area contributed by atoms with E-state index in [1.807, 2.05) is 19.9 Å². The number of aryl methyl sites for hydroxylation is 1. The van der Waals surface area contributed by atoms with Gasteiger partial charge < -0.3 is 10.3 Å². The van der Waals surface area contributed by atoms with Crippen LogP contribution in [0.4, 0.5) is 5.88 Å². The molecule has 0 amide bonds. The zero-order valence-electron chi connectivity index (χ0n) is 9.11. The molecule has 2 aromatic rings. The Hall–Kier alpha value is -2.28. The van der Waals surface area contributed by atoms with Gasteiger partial charge in [0.05, 0.1) is 11.6 Å². The van der Waals surface area contributed by atoms with Gasteiger partial charge in [-0.1, -0.05) is 5.16 Å². The van der Waals surface area contributed by atoms with Crippen molar-refractivity contribution in [3.05, 3.63) is 34.9 Å². The molecule has 0 aliphatic carbocycles. The summed E-state index contributed by atoms with van der Waals surface area (Å²) < 4.78 is 4.81. The van der Waals surface area contributed by atoms with Gasteiger partial charge in [-0.2, -0.15) is 5.26 Å². The monoisotopic (exact) mass is 213 g/mol. The number of nitrogen functional groups attached to an aromatic ring is 1. The maximum Gasteiger partial charge on any atom is 0.222 e. The van der Waals surface area contributed by atoms with Crippen molar-refractivity contribution in [1.82, 2.24) is 5.16 Å². The Kier molecular flexibility index (Phi) is 2.37. The molecular formula is C12H11N3O. The van der Waals surface area contributed by atoms with Crippen molar-refractivity contribution < 1.29 is 4.52 Å². The van der Waals surface area contributed by atoms with Crippen molar-refractivity contribution in [3.63, 3.8) is 0 Å². The minimum atomic E-state index is 0.270. The predicted octanol–water partition coefficient (Wildman–Crippen LogP) is 2.41. The molecule has 0 saturated heterocycles. The third-order valence-corrected chi connectivity index (χ3v) is 2.61. The van der Waals surface area contributed by atoms with Crippen molar-refractivity contribution in [2.45, 2.75) is 13.8 Å². The fourth-order valence-electron chi connectivity index (χ4n) is 1.55. The van der Waals surface area contributed by atoms with Crippen LogP contribution in [0.15, 0.2) is 22.7 Å². The van der Waals surface area contributed by atoms with Gasteiger partial charge in [0.15, 0.2) is 0 Å². The second-order valence-electron chi connectivity index (χ2n) is 3.69. The number of aromatic nitrogens is 1. The van der Waals surface area contributed by atoms with Crippen LogP contribution in [0.3, 0.4) is 0 Å². The van der Waals surface area contributed by atoms with Gasteiger partial charge in [-0.05, 0) is 37.1 Å². The first kappa shape index (κ1) is 10.2. The third kappa shape index (κ3) is 1.63. The normalized spacial score (nSPS) is 10.1.